The summed E-state index contributed by atoms with van der Waals surface area (Å²) in [4.78, 5) is 4.79. The summed E-state index contributed by atoms with van der Waals surface area (Å²) in [5.74, 6) is 0. The third-order valence-corrected chi connectivity index (χ3v) is 0.981. The van der Waals surface area contributed by atoms with Crippen LogP contribution in [0.2, 0.25) is 0 Å². The first-order chi connectivity index (χ1) is 3.93. The van der Waals surface area contributed by atoms with Gasteiger partial charge in [0.2, 0.25) is 0 Å². The Morgan fingerprint density at radius 1 is 1.75 bits per heavy atom. The van der Waals surface area contributed by atoms with E-state index in [0.717, 1.165) is 18.8 Å². The Labute approximate surface area is 48.7 Å². The fourth-order valence-electron chi connectivity index (χ4n) is 0.457. The fraction of sp³-hybridized carbons (Fsp3) is 0.800. The lowest BCUT2D eigenvalue weighted by atomic mass is 10.2. The smallest absolute Gasteiger partial charge is 0.114 e. The zero-order chi connectivity index (χ0) is 5.82. The van der Waals surface area contributed by atoms with Gasteiger partial charge >= 0.3 is 0 Å². The highest BCUT2D eigenvalue weighted by atomic mass is 16.6. The van der Waals surface area contributed by atoms with E-state index in [1.54, 1.807) is 0 Å². The molecule has 1 fully saturated rings. The van der Waals surface area contributed by atoms with Gasteiger partial charge in [-0.3, -0.25) is 0 Å². The molecule has 0 bridgehead atoms. The van der Waals surface area contributed by atoms with Crippen molar-refractivity contribution in [1.29, 1.82) is 0 Å². The molecular formula is C5H10N2O. The molecule has 8 heavy (non-hydrogen) atoms. The van der Waals surface area contributed by atoms with Crippen molar-refractivity contribution in [3.63, 3.8) is 0 Å². The molecule has 1 rings (SSSR count). The minimum Gasteiger partial charge on any atom is -0.396 e. The number of rotatable bonds is 2. The Morgan fingerprint density at radius 3 is 2.88 bits per heavy atom. The van der Waals surface area contributed by atoms with Crippen LogP contribution >= 0.6 is 0 Å². The highest BCUT2D eigenvalue weighted by Gasteiger charge is 2.08. The van der Waals surface area contributed by atoms with Gasteiger partial charge < -0.3 is 10.2 Å². The molecule has 0 atom stereocenters. The van der Waals surface area contributed by atoms with Crippen molar-refractivity contribution in [3.8, 4) is 0 Å². The Kier molecular flexibility index (Phi) is 1.86. The topological polar surface area (TPSA) is 33.6 Å². The molecule has 3 nitrogen and oxygen atoms in total. The Balaban J connectivity index is 2.11. The van der Waals surface area contributed by atoms with Crippen LogP contribution in [0.4, 0.5) is 0 Å². The average molecular weight is 114 g/mol. The summed E-state index contributed by atoms with van der Waals surface area (Å²) in [6, 6.07) is 0. The van der Waals surface area contributed by atoms with E-state index in [9.17, 15) is 0 Å². The lowest BCUT2D eigenvalue weighted by molar-refractivity contribution is 0.156. The van der Waals surface area contributed by atoms with E-state index >= 15 is 0 Å². The largest absolute Gasteiger partial charge is 0.396 e. The maximum atomic E-state index is 4.79. The predicted octanol–water partition coefficient (Wildman–Crippen LogP) is -0.0179. The van der Waals surface area contributed by atoms with Gasteiger partial charge in [0.25, 0.3) is 0 Å². The number of nitrogens with zero attached hydrogens (tertiary/aromatic N) is 1. The number of oxime groups is 1. The van der Waals surface area contributed by atoms with Crippen LogP contribution in [-0.2, 0) is 4.84 Å². The third kappa shape index (κ3) is 1.20. The quantitative estimate of drug-likeness (QED) is 0.512. The molecule has 0 amide bonds. The first-order valence-corrected chi connectivity index (χ1v) is 2.82. The van der Waals surface area contributed by atoms with Crippen molar-refractivity contribution in [2.45, 2.75) is 6.92 Å². The number of nitrogens with one attached hydrogen (secondary N) is 1. The normalized spacial score (nSPS) is 17.4. The van der Waals surface area contributed by atoms with Crippen molar-refractivity contribution in [3.05, 3.63) is 0 Å². The minimum atomic E-state index is 0.670. The van der Waals surface area contributed by atoms with Crippen LogP contribution in [0.3, 0.4) is 0 Å². The van der Waals surface area contributed by atoms with E-state index < -0.39 is 0 Å². The van der Waals surface area contributed by atoms with Crippen LogP contribution in [0.5, 0.6) is 0 Å². The number of hydrogen-bond donors (Lipinski definition) is 1. The summed E-state index contributed by atoms with van der Waals surface area (Å²) in [6.45, 7) is 4.40. The zero-order valence-electron chi connectivity index (χ0n) is 4.98. The van der Waals surface area contributed by atoms with Gasteiger partial charge in [0.15, 0.2) is 0 Å². The predicted molar refractivity (Wildman–Crippen MR) is 31.9 cm³/mol. The molecule has 0 aromatic heterocycles. The second-order valence-electron chi connectivity index (χ2n) is 1.68. The van der Waals surface area contributed by atoms with Gasteiger partial charge in [-0.15, -0.1) is 0 Å². The van der Waals surface area contributed by atoms with Gasteiger partial charge in [-0.05, 0) is 6.92 Å². The van der Waals surface area contributed by atoms with E-state index in [-0.39, 0.29) is 0 Å². The van der Waals surface area contributed by atoms with E-state index in [4.69, 9.17) is 4.84 Å². The van der Waals surface area contributed by atoms with Crippen molar-refractivity contribution in [1.82, 2.24) is 5.32 Å². The van der Waals surface area contributed by atoms with Crippen LogP contribution in [0, 0.1) is 0 Å². The van der Waals surface area contributed by atoms with Crippen LogP contribution < -0.4 is 5.32 Å². The summed E-state index contributed by atoms with van der Waals surface area (Å²) in [7, 11) is 0. The van der Waals surface area contributed by atoms with Crippen LogP contribution in [0.25, 0.3) is 0 Å². The van der Waals surface area contributed by atoms with E-state index in [2.05, 4.69) is 10.5 Å². The van der Waals surface area contributed by atoms with Gasteiger partial charge in [0, 0.05) is 13.1 Å². The second kappa shape index (κ2) is 2.67. The lowest BCUT2D eigenvalue weighted by Crippen LogP contribution is -2.42. The Hall–Kier alpha value is -0.570. The van der Waals surface area contributed by atoms with Crippen molar-refractivity contribution in [2.75, 3.05) is 19.7 Å². The molecule has 1 aliphatic heterocycles. The standard InChI is InChI=1S/C5H10N2O/c1-2-8-7-5-3-6-4-5/h6H,2-4H2,1H3. The average Bonchev–Trinajstić information content (AvgIpc) is 1.63. The fourth-order valence-corrected chi connectivity index (χ4v) is 0.457. The van der Waals surface area contributed by atoms with Gasteiger partial charge in [0.1, 0.15) is 6.61 Å². The molecule has 46 valence electrons. The molecule has 0 unspecified atom stereocenters. The van der Waals surface area contributed by atoms with Crippen molar-refractivity contribution >= 4 is 5.71 Å². The minimum absolute atomic E-state index is 0.670. The van der Waals surface area contributed by atoms with E-state index in [1.807, 2.05) is 6.92 Å². The molecule has 0 radical (unpaired) electrons. The summed E-state index contributed by atoms with van der Waals surface area (Å²) >= 11 is 0. The van der Waals surface area contributed by atoms with Gasteiger partial charge in [-0.2, -0.15) is 0 Å². The summed E-state index contributed by atoms with van der Waals surface area (Å²) in [5, 5.41) is 6.86. The van der Waals surface area contributed by atoms with Crippen molar-refractivity contribution < 1.29 is 4.84 Å². The van der Waals surface area contributed by atoms with Crippen LogP contribution in [-0.4, -0.2) is 25.4 Å². The maximum absolute atomic E-state index is 4.79. The Bertz CT molecular complexity index is 94.6. The van der Waals surface area contributed by atoms with Gasteiger partial charge in [-0.25, -0.2) is 0 Å². The van der Waals surface area contributed by atoms with Crippen molar-refractivity contribution in [2.24, 2.45) is 5.16 Å². The highest BCUT2D eigenvalue weighted by molar-refractivity contribution is 5.92. The molecular weight excluding hydrogens is 104 g/mol. The molecule has 0 saturated carbocycles. The van der Waals surface area contributed by atoms with E-state index in [0.29, 0.717) is 6.61 Å². The summed E-state index contributed by atoms with van der Waals surface area (Å²) in [5.41, 5.74) is 1.12. The molecule has 0 aromatic rings. The van der Waals surface area contributed by atoms with Crippen LogP contribution in [0.1, 0.15) is 6.92 Å². The summed E-state index contributed by atoms with van der Waals surface area (Å²) in [6.07, 6.45) is 0. The molecule has 1 saturated heterocycles. The zero-order valence-corrected chi connectivity index (χ0v) is 4.98. The monoisotopic (exact) mass is 114 g/mol. The second-order valence-corrected chi connectivity index (χ2v) is 1.68. The summed E-state index contributed by atoms with van der Waals surface area (Å²) < 4.78 is 0. The molecule has 1 heterocycles. The maximum Gasteiger partial charge on any atom is 0.114 e. The molecule has 1 aliphatic rings. The lowest BCUT2D eigenvalue weighted by Gasteiger charge is -2.15. The third-order valence-electron chi connectivity index (χ3n) is 0.981. The van der Waals surface area contributed by atoms with Gasteiger partial charge in [-0.1, -0.05) is 5.16 Å². The van der Waals surface area contributed by atoms with Crippen LogP contribution in [0.15, 0.2) is 5.16 Å². The molecule has 0 aliphatic carbocycles. The van der Waals surface area contributed by atoms with Gasteiger partial charge in [0.05, 0.1) is 5.71 Å². The molecule has 0 aromatic carbocycles. The van der Waals surface area contributed by atoms with E-state index in [1.165, 1.54) is 0 Å². The SMILES string of the molecule is CCON=C1CNC1. The molecule has 1 N–H and O–H groups in total. The Morgan fingerprint density at radius 2 is 2.50 bits per heavy atom. The highest BCUT2D eigenvalue weighted by Crippen LogP contribution is 1.86. The molecule has 3 heteroatoms. The number of hydrogen-bond acceptors (Lipinski definition) is 3. The molecule has 0 spiro atoms. The first-order valence-electron chi connectivity index (χ1n) is 2.82. The first kappa shape index (κ1) is 5.56.